The van der Waals surface area contributed by atoms with Crippen LogP contribution in [0.5, 0.6) is 0 Å². The Kier molecular flexibility index (Phi) is 5.55. The average Bonchev–Trinajstić information content (AvgIpc) is 3.45. The highest BCUT2D eigenvalue weighted by molar-refractivity contribution is 6.06. The lowest BCUT2D eigenvalue weighted by Gasteiger charge is -2.34. The Morgan fingerprint density at radius 2 is 2.09 bits per heavy atom. The van der Waals surface area contributed by atoms with Gasteiger partial charge in [-0.25, -0.2) is 4.98 Å². The Bertz CT molecular complexity index is 1300. The molecule has 9 nitrogen and oxygen atoms in total. The summed E-state index contributed by atoms with van der Waals surface area (Å²) in [5, 5.41) is 18.0. The zero-order chi connectivity index (χ0) is 22.9. The molecule has 0 bridgehead atoms. The largest absolute Gasteiger partial charge is 0.444 e. The number of hydrogen-bond donors (Lipinski definition) is 2. The average molecular weight is 447 g/mol. The molecule has 1 aliphatic heterocycles. The van der Waals surface area contributed by atoms with E-state index in [0.29, 0.717) is 17.5 Å². The number of rotatable bonds is 5. The van der Waals surface area contributed by atoms with Gasteiger partial charge in [0.05, 0.1) is 16.9 Å². The summed E-state index contributed by atoms with van der Waals surface area (Å²) in [5.41, 5.74) is 4.30. The number of carbonyl (C=O) groups is 1. The molecule has 2 N–H and O–H groups in total. The molecule has 0 aliphatic carbocycles. The number of pyridine rings is 1. The van der Waals surface area contributed by atoms with Crippen LogP contribution < -0.4 is 10.2 Å². The second-order valence-electron chi connectivity index (χ2n) is 8.52. The van der Waals surface area contributed by atoms with Gasteiger partial charge in [0.1, 0.15) is 6.26 Å². The maximum absolute atomic E-state index is 13.1. The number of fused-ring (bicyclic) bond motifs is 1. The van der Waals surface area contributed by atoms with Gasteiger partial charge in [0.2, 0.25) is 5.89 Å². The fraction of sp³-hybridized carbons (Fsp3) is 0.333. The van der Waals surface area contributed by atoms with Crippen molar-refractivity contribution in [2.75, 3.05) is 29.9 Å². The molecular weight excluding hydrogens is 420 g/mol. The first-order valence-corrected chi connectivity index (χ1v) is 11.0. The van der Waals surface area contributed by atoms with Crippen LogP contribution in [0.4, 0.5) is 11.4 Å². The number of aryl methyl sites for hydroxylation is 2. The van der Waals surface area contributed by atoms with Crippen molar-refractivity contribution in [1.82, 2.24) is 19.7 Å². The molecule has 0 saturated carbocycles. The Hall–Kier alpha value is -3.72. The van der Waals surface area contributed by atoms with Crippen molar-refractivity contribution < 1.29 is 14.3 Å². The molecule has 0 radical (unpaired) electrons. The third-order valence-electron chi connectivity index (χ3n) is 6.08. The van der Waals surface area contributed by atoms with Crippen LogP contribution in [0.15, 0.2) is 47.3 Å². The molecule has 0 unspecified atom stereocenters. The zero-order valence-corrected chi connectivity index (χ0v) is 18.7. The molecule has 0 atom stereocenters. The van der Waals surface area contributed by atoms with Crippen molar-refractivity contribution >= 4 is 28.2 Å². The molecule has 1 saturated heterocycles. The number of aliphatic hydroxyl groups excluding tert-OH is 1. The summed E-state index contributed by atoms with van der Waals surface area (Å²) >= 11 is 0. The molecule has 5 rings (SSSR count). The number of nitrogens with one attached hydrogen (secondary N) is 1. The summed E-state index contributed by atoms with van der Waals surface area (Å²) in [5.74, 6) is 0.355. The van der Waals surface area contributed by atoms with E-state index in [9.17, 15) is 9.90 Å². The predicted molar refractivity (Wildman–Crippen MR) is 125 cm³/mol. The minimum Gasteiger partial charge on any atom is -0.444 e. The number of piperidine rings is 1. The van der Waals surface area contributed by atoms with E-state index in [4.69, 9.17) is 4.42 Å². The van der Waals surface area contributed by atoms with Crippen LogP contribution in [-0.4, -0.2) is 50.5 Å². The van der Waals surface area contributed by atoms with Crippen molar-refractivity contribution in [2.45, 2.75) is 19.8 Å². The van der Waals surface area contributed by atoms with E-state index in [0.717, 1.165) is 53.8 Å². The van der Waals surface area contributed by atoms with Crippen molar-refractivity contribution in [3.8, 4) is 11.5 Å². The Morgan fingerprint density at radius 3 is 2.85 bits per heavy atom. The van der Waals surface area contributed by atoms with Gasteiger partial charge in [-0.2, -0.15) is 5.10 Å². The topological polar surface area (TPSA) is 109 Å². The molecule has 4 heterocycles. The third-order valence-corrected chi connectivity index (χ3v) is 6.08. The maximum Gasteiger partial charge on any atom is 0.277 e. The maximum atomic E-state index is 13.1. The summed E-state index contributed by atoms with van der Waals surface area (Å²) in [6, 6.07) is 7.61. The molecule has 0 spiro atoms. The standard InChI is InChI=1S/C24H26N6O3/c1-15-9-17(3-6-25-15)24-27-21(14-33-24)23(32)26-20-10-18-12-29(2)28-19(18)11-22(20)30-7-4-16(13-31)5-8-30/h3,6,9-12,14,16,31H,4-5,7-8,13H2,1-2H3,(H,26,32). The van der Waals surface area contributed by atoms with Gasteiger partial charge in [-0.1, -0.05) is 0 Å². The SMILES string of the molecule is Cc1cc(-c2nc(C(=O)Nc3cc4cn(C)nc4cc3N3CCC(CO)CC3)co2)ccn1. The van der Waals surface area contributed by atoms with Gasteiger partial charge < -0.3 is 19.7 Å². The van der Waals surface area contributed by atoms with E-state index in [2.05, 4.69) is 25.3 Å². The highest BCUT2D eigenvalue weighted by Crippen LogP contribution is 2.34. The summed E-state index contributed by atoms with van der Waals surface area (Å²) < 4.78 is 7.32. The number of oxazole rings is 1. The fourth-order valence-electron chi connectivity index (χ4n) is 4.28. The number of hydrogen-bond acceptors (Lipinski definition) is 7. The molecule has 1 fully saturated rings. The first-order valence-electron chi connectivity index (χ1n) is 11.0. The lowest BCUT2D eigenvalue weighted by atomic mass is 9.97. The zero-order valence-electron chi connectivity index (χ0n) is 18.7. The van der Waals surface area contributed by atoms with E-state index in [1.54, 1.807) is 16.9 Å². The molecule has 1 aromatic carbocycles. The molecule has 3 aromatic heterocycles. The number of amides is 1. The first-order chi connectivity index (χ1) is 16.0. The minimum absolute atomic E-state index is 0.204. The highest BCUT2D eigenvalue weighted by Gasteiger charge is 2.23. The van der Waals surface area contributed by atoms with E-state index in [1.165, 1.54) is 6.26 Å². The Morgan fingerprint density at radius 1 is 1.27 bits per heavy atom. The monoisotopic (exact) mass is 446 g/mol. The van der Waals surface area contributed by atoms with Gasteiger partial charge in [-0.15, -0.1) is 0 Å². The number of aliphatic hydroxyl groups is 1. The second kappa shape index (κ2) is 8.67. The van der Waals surface area contributed by atoms with Crippen molar-refractivity contribution in [3.05, 3.63) is 54.3 Å². The van der Waals surface area contributed by atoms with Crippen LogP contribution in [0.1, 0.15) is 29.0 Å². The van der Waals surface area contributed by atoms with Crippen LogP contribution in [0.3, 0.4) is 0 Å². The predicted octanol–water partition coefficient (Wildman–Crippen LogP) is 3.39. The van der Waals surface area contributed by atoms with Gasteiger partial charge in [0.15, 0.2) is 5.69 Å². The van der Waals surface area contributed by atoms with Crippen molar-refractivity contribution in [3.63, 3.8) is 0 Å². The first kappa shape index (κ1) is 21.1. The second-order valence-corrected chi connectivity index (χ2v) is 8.52. The molecule has 170 valence electrons. The Labute approximate surface area is 191 Å². The van der Waals surface area contributed by atoms with Gasteiger partial charge in [-0.3, -0.25) is 14.5 Å². The summed E-state index contributed by atoms with van der Waals surface area (Å²) in [4.78, 5) is 23.9. The molecule has 9 heteroatoms. The lowest BCUT2D eigenvalue weighted by Crippen LogP contribution is -2.35. The number of aromatic nitrogens is 4. The molecular formula is C24H26N6O3. The quantitative estimate of drug-likeness (QED) is 0.484. The summed E-state index contributed by atoms with van der Waals surface area (Å²) in [6.07, 6.45) is 6.79. The van der Waals surface area contributed by atoms with Crippen molar-refractivity contribution in [1.29, 1.82) is 0 Å². The number of benzene rings is 1. The van der Waals surface area contributed by atoms with Crippen molar-refractivity contribution in [2.24, 2.45) is 13.0 Å². The van der Waals surface area contributed by atoms with Crippen LogP contribution in [0.25, 0.3) is 22.4 Å². The normalized spacial score (nSPS) is 14.7. The molecule has 1 amide bonds. The Balaban J connectivity index is 1.43. The molecule has 1 aliphatic rings. The summed E-state index contributed by atoms with van der Waals surface area (Å²) in [7, 11) is 1.88. The van der Waals surface area contributed by atoms with Gasteiger partial charge in [0, 0.05) is 55.8 Å². The third kappa shape index (κ3) is 4.31. The van der Waals surface area contributed by atoms with Crippen LogP contribution >= 0.6 is 0 Å². The lowest BCUT2D eigenvalue weighted by molar-refractivity contribution is 0.102. The number of nitrogens with zero attached hydrogens (tertiary/aromatic N) is 5. The number of anilines is 2. The van der Waals surface area contributed by atoms with E-state index < -0.39 is 0 Å². The van der Waals surface area contributed by atoms with Gasteiger partial charge in [0.25, 0.3) is 5.91 Å². The van der Waals surface area contributed by atoms with Gasteiger partial charge in [-0.05, 0) is 49.9 Å². The number of carbonyl (C=O) groups excluding carboxylic acids is 1. The van der Waals surface area contributed by atoms with E-state index in [1.807, 2.05) is 38.4 Å². The highest BCUT2D eigenvalue weighted by atomic mass is 16.3. The smallest absolute Gasteiger partial charge is 0.277 e. The van der Waals surface area contributed by atoms with E-state index in [-0.39, 0.29) is 18.2 Å². The minimum atomic E-state index is -0.342. The van der Waals surface area contributed by atoms with Gasteiger partial charge >= 0.3 is 0 Å². The molecule has 4 aromatic rings. The summed E-state index contributed by atoms with van der Waals surface area (Å²) in [6.45, 7) is 3.71. The van der Waals surface area contributed by atoms with Crippen LogP contribution in [0, 0.1) is 12.8 Å². The van der Waals surface area contributed by atoms with E-state index >= 15 is 0 Å². The fourth-order valence-corrected chi connectivity index (χ4v) is 4.28. The van der Waals surface area contributed by atoms with Crippen LogP contribution in [0.2, 0.25) is 0 Å². The van der Waals surface area contributed by atoms with Crippen LogP contribution in [-0.2, 0) is 7.05 Å². The molecule has 33 heavy (non-hydrogen) atoms.